The van der Waals surface area contributed by atoms with Crippen molar-refractivity contribution in [2.45, 2.75) is 26.5 Å². The predicted molar refractivity (Wildman–Crippen MR) is 104 cm³/mol. The summed E-state index contributed by atoms with van der Waals surface area (Å²) < 4.78 is 6.58. The molecule has 2 unspecified atom stereocenters. The molecule has 0 heterocycles. The van der Waals surface area contributed by atoms with Crippen LogP contribution in [-0.2, 0) is 11.4 Å². The minimum Gasteiger partial charge on any atom is -0.488 e. The van der Waals surface area contributed by atoms with Crippen LogP contribution >= 0.6 is 28.3 Å². The number of carbonyl (C=O) groups is 1. The maximum atomic E-state index is 12.0. The van der Waals surface area contributed by atoms with Crippen molar-refractivity contribution in [3.8, 4) is 5.75 Å². The molecule has 0 aliphatic rings. The van der Waals surface area contributed by atoms with Crippen molar-refractivity contribution in [1.29, 1.82) is 0 Å². The van der Waals surface area contributed by atoms with Crippen molar-refractivity contribution in [2.24, 2.45) is 11.7 Å². The highest BCUT2D eigenvalue weighted by atomic mass is 79.9. The molecule has 0 aliphatic heterocycles. The summed E-state index contributed by atoms with van der Waals surface area (Å²) in [5.41, 5.74) is 7.56. The van der Waals surface area contributed by atoms with E-state index in [9.17, 15) is 4.79 Å². The van der Waals surface area contributed by atoms with Crippen molar-refractivity contribution >= 4 is 39.9 Å². The zero-order valence-corrected chi connectivity index (χ0v) is 16.1. The van der Waals surface area contributed by atoms with E-state index in [1.165, 1.54) is 0 Å². The number of hydrogen-bond acceptors (Lipinski definition) is 3. The van der Waals surface area contributed by atoms with Gasteiger partial charge in [-0.3, -0.25) is 4.79 Å². The minimum absolute atomic E-state index is 0. The molecule has 0 saturated heterocycles. The second-order valence-electron chi connectivity index (χ2n) is 5.56. The summed E-state index contributed by atoms with van der Waals surface area (Å²) in [4.78, 5) is 12.0. The smallest absolute Gasteiger partial charge is 0.228 e. The van der Waals surface area contributed by atoms with E-state index in [-0.39, 0.29) is 30.3 Å². The van der Waals surface area contributed by atoms with Gasteiger partial charge in [-0.05, 0) is 46.6 Å². The number of benzene rings is 2. The maximum Gasteiger partial charge on any atom is 0.228 e. The van der Waals surface area contributed by atoms with Crippen LogP contribution < -0.4 is 15.8 Å². The van der Waals surface area contributed by atoms with Gasteiger partial charge in [0.05, 0.1) is 10.4 Å². The summed E-state index contributed by atoms with van der Waals surface area (Å²) in [6.45, 7) is 4.12. The molecule has 0 aromatic heterocycles. The molecule has 1 amide bonds. The summed E-state index contributed by atoms with van der Waals surface area (Å²) >= 11 is 3.48. The van der Waals surface area contributed by atoms with E-state index in [4.69, 9.17) is 10.5 Å². The van der Waals surface area contributed by atoms with Crippen molar-refractivity contribution in [3.63, 3.8) is 0 Å². The minimum atomic E-state index is -0.247. The van der Waals surface area contributed by atoms with E-state index in [0.29, 0.717) is 12.3 Å². The monoisotopic (exact) mass is 412 g/mol. The Morgan fingerprint density at radius 2 is 1.88 bits per heavy atom. The summed E-state index contributed by atoms with van der Waals surface area (Å²) in [6, 6.07) is 15.2. The van der Waals surface area contributed by atoms with E-state index in [2.05, 4.69) is 21.2 Å². The van der Waals surface area contributed by atoms with Crippen LogP contribution in [0.2, 0.25) is 0 Å². The normalized spacial score (nSPS) is 12.7. The fraction of sp³-hybridized carbons (Fsp3) is 0.278. The molecule has 6 heteroatoms. The Labute approximate surface area is 157 Å². The Morgan fingerprint density at radius 3 is 2.46 bits per heavy atom. The SMILES string of the molecule is CC(N)C(C)C(=O)Nc1ccc(OCc2ccccc2)c(Br)c1.Cl. The Hall–Kier alpha value is -1.56. The van der Waals surface area contributed by atoms with Gasteiger partial charge in [0.15, 0.2) is 0 Å². The number of ether oxygens (including phenoxy) is 1. The first kappa shape index (κ1) is 20.5. The number of nitrogens with one attached hydrogen (secondary N) is 1. The molecular formula is C18H22BrClN2O2. The lowest BCUT2D eigenvalue weighted by molar-refractivity contribution is -0.119. The molecule has 2 aromatic rings. The van der Waals surface area contributed by atoms with Crippen LogP contribution in [0.25, 0.3) is 0 Å². The van der Waals surface area contributed by atoms with Crippen molar-refractivity contribution < 1.29 is 9.53 Å². The number of rotatable bonds is 6. The fourth-order valence-corrected chi connectivity index (χ4v) is 2.42. The van der Waals surface area contributed by atoms with Gasteiger partial charge in [-0.2, -0.15) is 0 Å². The average molecular weight is 414 g/mol. The molecule has 24 heavy (non-hydrogen) atoms. The van der Waals surface area contributed by atoms with E-state index in [1.807, 2.05) is 62.4 Å². The summed E-state index contributed by atoms with van der Waals surface area (Å²) in [5.74, 6) is 0.389. The van der Waals surface area contributed by atoms with Crippen LogP contribution in [0.15, 0.2) is 53.0 Å². The van der Waals surface area contributed by atoms with E-state index in [0.717, 1.165) is 15.8 Å². The molecule has 2 aromatic carbocycles. The number of hydrogen-bond donors (Lipinski definition) is 2. The van der Waals surface area contributed by atoms with Crippen LogP contribution in [-0.4, -0.2) is 11.9 Å². The highest BCUT2D eigenvalue weighted by Gasteiger charge is 2.17. The van der Waals surface area contributed by atoms with Gasteiger partial charge in [0.2, 0.25) is 5.91 Å². The number of halogens is 2. The zero-order valence-electron chi connectivity index (χ0n) is 13.7. The zero-order chi connectivity index (χ0) is 16.8. The van der Waals surface area contributed by atoms with Crippen LogP contribution in [0.5, 0.6) is 5.75 Å². The Kier molecular flexibility index (Phi) is 8.25. The largest absolute Gasteiger partial charge is 0.488 e. The number of anilines is 1. The molecule has 0 fully saturated rings. The molecular weight excluding hydrogens is 392 g/mol. The lowest BCUT2D eigenvalue weighted by atomic mass is 10.0. The first-order valence-electron chi connectivity index (χ1n) is 7.50. The van der Waals surface area contributed by atoms with Gasteiger partial charge in [-0.25, -0.2) is 0 Å². The lowest BCUT2D eigenvalue weighted by Gasteiger charge is -2.16. The van der Waals surface area contributed by atoms with Crippen molar-refractivity contribution in [2.75, 3.05) is 5.32 Å². The summed E-state index contributed by atoms with van der Waals surface area (Å²) in [5, 5.41) is 2.86. The first-order chi connectivity index (χ1) is 11.0. The third-order valence-electron chi connectivity index (χ3n) is 3.64. The molecule has 4 nitrogen and oxygen atoms in total. The van der Waals surface area contributed by atoms with E-state index >= 15 is 0 Å². The van der Waals surface area contributed by atoms with Gasteiger partial charge < -0.3 is 15.8 Å². The Morgan fingerprint density at radius 1 is 1.21 bits per heavy atom. The predicted octanol–water partition coefficient (Wildman–Crippen LogP) is 4.37. The Bertz CT molecular complexity index is 665. The third kappa shape index (κ3) is 5.82. The molecule has 0 saturated carbocycles. The lowest BCUT2D eigenvalue weighted by Crippen LogP contribution is -2.34. The van der Waals surface area contributed by atoms with Crippen LogP contribution in [0, 0.1) is 5.92 Å². The first-order valence-corrected chi connectivity index (χ1v) is 8.29. The topological polar surface area (TPSA) is 64.4 Å². The van der Waals surface area contributed by atoms with Crippen LogP contribution in [0.3, 0.4) is 0 Å². The van der Waals surface area contributed by atoms with Gasteiger partial charge in [-0.15, -0.1) is 12.4 Å². The quantitative estimate of drug-likeness (QED) is 0.739. The summed E-state index contributed by atoms with van der Waals surface area (Å²) in [7, 11) is 0. The number of amides is 1. The van der Waals surface area contributed by atoms with E-state index in [1.54, 1.807) is 0 Å². The van der Waals surface area contributed by atoms with Gasteiger partial charge in [0.1, 0.15) is 12.4 Å². The van der Waals surface area contributed by atoms with Crippen LogP contribution in [0.1, 0.15) is 19.4 Å². The maximum absolute atomic E-state index is 12.0. The van der Waals surface area contributed by atoms with Gasteiger partial charge >= 0.3 is 0 Å². The standard InChI is InChI=1S/C18H21BrN2O2.ClH/c1-12(13(2)20)18(22)21-15-8-9-17(16(19)10-15)23-11-14-6-4-3-5-7-14;/h3-10,12-13H,11,20H2,1-2H3,(H,21,22);1H. The van der Waals surface area contributed by atoms with Crippen molar-refractivity contribution in [1.82, 2.24) is 0 Å². The number of nitrogens with two attached hydrogens (primary N) is 1. The number of carbonyl (C=O) groups excluding carboxylic acids is 1. The highest BCUT2D eigenvalue weighted by Crippen LogP contribution is 2.29. The molecule has 0 bridgehead atoms. The molecule has 0 radical (unpaired) electrons. The molecule has 2 rings (SSSR count). The molecule has 0 spiro atoms. The van der Waals surface area contributed by atoms with Crippen LogP contribution in [0.4, 0.5) is 5.69 Å². The summed E-state index contributed by atoms with van der Waals surface area (Å²) in [6.07, 6.45) is 0. The molecule has 130 valence electrons. The Balaban J connectivity index is 0.00000288. The second kappa shape index (κ2) is 9.67. The fourth-order valence-electron chi connectivity index (χ4n) is 1.93. The molecule has 2 atom stereocenters. The van der Waals surface area contributed by atoms with Gasteiger partial charge in [-0.1, -0.05) is 37.3 Å². The van der Waals surface area contributed by atoms with E-state index < -0.39 is 0 Å². The molecule has 0 aliphatic carbocycles. The highest BCUT2D eigenvalue weighted by molar-refractivity contribution is 9.10. The second-order valence-corrected chi connectivity index (χ2v) is 6.41. The van der Waals surface area contributed by atoms with Gasteiger partial charge in [0.25, 0.3) is 0 Å². The molecule has 3 N–H and O–H groups in total. The average Bonchev–Trinajstić information content (AvgIpc) is 2.54. The van der Waals surface area contributed by atoms with Crippen molar-refractivity contribution in [3.05, 3.63) is 58.6 Å². The third-order valence-corrected chi connectivity index (χ3v) is 4.26. The van der Waals surface area contributed by atoms with Gasteiger partial charge in [0, 0.05) is 11.7 Å².